The predicted molar refractivity (Wildman–Crippen MR) is 117 cm³/mol. The number of benzene rings is 2. The molecule has 3 heterocycles. The molecule has 0 bridgehead atoms. The maximum Gasteiger partial charge on any atom is 0.164 e. The SMILES string of the molecule is O[C@H]1[C@H](n2cc(-c3ccccc3)c3c(Nc4ccccc4)ncnc32)OC2(CC2)[C@H]1O. The molecule has 31 heavy (non-hydrogen) atoms. The first-order chi connectivity index (χ1) is 15.2. The Morgan fingerprint density at radius 2 is 1.68 bits per heavy atom. The summed E-state index contributed by atoms with van der Waals surface area (Å²) in [6.45, 7) is 0. The lowest BCUT2D eigenvalue weighted by atomic mass is 10.1. The van der Waals surface area contributed by atoms with Gasteiger partial charge in [-0.15, -0.1) is 0 Å². The summed E-state index contributed by atoms with van der Waals surface area (Å²) in [5, 5.41) is 25.5. The standard InChI is InChI=1S/C24H22N4O3/c29-19-20(30)24(11-12-24)31-23(19)28-13-17(15-7-3-1-4-8-15)18-21(25-14-26-22(18)28)27-16-9-5-2-6-10-16/h1-10,13-14,19-20,23,29-30H,11-12H2,(H,25,26,27)/t19-,20+,23-/m1/s1. The lowest BCUT2D eigenvalue weighted by Gasteiger charge is -2.17. The van der Waals surface area contributed by atoms with Gasteiger partial charge >= 0.3 is 0 Å². The van der Waals surface area contributed by atoms with Crippen molar-refractivity contribution in [3.63, 3.8) is 0 Å². The molecular weight excluding hydrogens is 392 g/mol. The van der Waals surface area contributed by atoms with Crippen molar-refractivity contribution in [3.8, 4) is 11.1 Å². The Morgan fingerprint density at radius 1 is 0.968 bits per heavy atom. The molecule has 0 amide bonds. The van der Waals surface area contributed by atoms with Crippen LogP contribution in [0.25, 0.3) is 22.2 Å². The van der Waals surface area contributed by atoms with Crippen LogP contribution < -0.4 is 5.32 Å². The van der Waals surface area contributed by atoms with E-state index in [1.165, 1.54) is 6.33 Å². The lowest BCUT2D eigenvalue weighted by molar-refractivity contribution is -0.0456. The molecule has 2 aliphatic rings. The van der Waals surface area contributed by atoms with Crippen LogP contribution in [0, 0.1) is 0 Å². The van der Waals surface area contributed by atoms with E-state index in [-0.39, 0.29) is 0 Å². The van der Waals surface area contributed by atoms with E-state index >= 15 is 0 Å². The number of aromatic nitrogens is 3. The van der Waals surface area contributed by atoms with E-state index in [9.17, 15) is 10.2 Å². The third-order valence-electron chi connectivity index (χ3n) is 6.26. The molecular formula is C24H22N4O3. The van der Waals surface area contributed by atoms with Crippen molar-refractivity contribution in [2.45, 2.75) is 36.9 Å². The van der Waals surface area contributed by atoms with Crippen LogP contribution in [0.15, 0.2) is 73.2 Å². The van der Waals surface area contributed by atoms with Crippen molar-refractivity contribution in [2.24, 2.45) is 0 Å². The summed E-state index contributed by atoms with van der Waals surface area (Å²) in [6, 6.07) is 19.8. The number of ether oxygens (including phenoxy) is 1. The molecule has 3 atom stereocenters. The van der Waals surface area contributed by atoms with Crippen LogP contribution in [-0.2, 0) is 4.74 Å². The quantitative estimate of drug-likeness (QED) is 0.472. The number of rotatable bonds is 4. The highest BCUT2D eigenvalue weighted by atomic mass is 16.6. The van der Waals surface area contributed by atoms with Crippen molar-refractivity contribution < 1.29 is 14.9 Å². The maximum atomic E-state index is 10.8. The predicted octanol–water partition coefficient (Wildman–Crippen LogP) is 3.63. The van der Waals surface area contributed by atoms with Gasteiger partial charge in [0.2, 0.25) is 0 Å². The Hall–Kier alpha value is -3.26. The molecule has 6 rings (SSSR count). The van der Waals surface area contributed by atoms with Crippen molar-refractivity contribution in [2.75, 3.05) is 5.32 Å². The first kappa shape index (κ1) is 18.5. The molecule has 7 nitrogen and oxygen atoms in total. The number of fused-ring (bicyclic) bond motifs is 1. The normalized spacial score (nSPS) is 24.0. The van der Waals surface area contributed by atoms with Gasteiger partial charge in [-0.05, 0) is 30.5 Å². The zero-order valence-corrected chi connectivity index (χ0v) is 16.7. The van der Waals surface area contributed by atoms with E-state index in [1.807, 2.05) is 71.4 Å². The third kappa shape index (κ3) is 2.93. The number of hydrogen-bond acceptors (Lipinski definition) is 6. The topological polar surface area (TPSA) is 92.4 Å². The summed E-state index contributed by atoms with van der Waals surface area (Å²) >= 11 is 0. The van der Waals surface area contributed by atoms with Crippen molar-refractivity contribution in [1.82, 2.24) is 14.5 Å². The Bertz CT molecular complexity index is 1240. The summed E-state index contributed by atoms with van der Waals surface area (Å²) in [7, 11) is 0. The molecule has 1 aliphatic heterocycles. The molecule has 3 N–H and O–H groups in total. The van der Waals surface area contributed by atoms with Crippen LogP contribution in [0.1, 0.15) is 19.1 Å². The van der Waals surface area contributed by atoms with Gasteiger partial charge in [-0.3, -0.25) is 0 Å². The minimum absolute atomic E-state index is 0.633. The summed E-state index contributed by atoms with van der Waals surface area (Å²) in [5.41, 5.74) is 2.86. The van der Waals surface area contributed by atoms with Crippen molar-refractivity contribution >= 4 is 22.5 Å². The van der Waals surface area contributed by atoms with E-state index < -0.39 is 24.0 Å². The number of hydrogen-bond donors (Lipinski definition) is 3. The molecule has 0 unspecified atom stereocenters. The number of nitrogens with zero attached hydrogens (tertiary/aromatic N) is 3. The largest absolute Gasteiger partial charge is 0.387 e. The third-order valence-corrected chi connectivity index (χ3v) is 6.26. The van der Waals surface area contributed by atoms with Crippen LogP contribution >= 0.6 is 0 Å². The van der Waals surface area contributed by atoms with Crippen molar-refractivity contribution in [3.05, 3.63) is 73.2 Å². The van der Waals surface area contributed by atoms with E-state index in [2.05, 4.69) is 15.3 Å². The Morgan fingerprint density at radius 3 is 2.35 bits per heavy atom. The van der Waals surface area contributed by atoms with Crippen LogP contribution in [0.5, 0.6) is 0 Å². The fourth-order valence-corrected chi connectivity index (χ4v) is 4.47. The van der Waals surface area contributed by atoms with Crippen LogP contribution in [0.4, 0.5) is 11.5 Å². The molecule has 4 aromatic rings. The lowest BCUT2D eigenvalue weighted by Crippen LogP contribution is -2.32. The number of para-hydroxylation sites is 1. The van der Waals surface area contributed by atoms with E-state index in [0.717, 1.165) is 35.0 Å². The second-order valence-corrected chi connectivity index (χ2v) is 8.24. The smallest absolute Gasteiger partial charge is 0.164 e. The van der Waals surface area contributed by atoms with Gasteiger partial charge in [0, 0.05) is 17.4 Å². The minimum Gasteiger partial charge on any atom is -0.387 e. The molecule has 2 fully saturated rings. The van der Waals surface area contributed by atoms with Gasteiger partial charge < -0.3 is 24.8 Å². The zero-order chi connectivity index (χ0) is 21.0. The summed E-state index contributed by atoms with van der Waals surface area (Å²) in [5.74, 6) is 0.669. The molecule has 7 heteroatoms. The average Bonchev–Trinajstić information content (AvgIpc) is 3.44. The van der Waals surface area contributed by atoms with Gasteiger partial charge in [0.15, 0.2) is 6.23 Å². The second-order valence-electron chi connectivity index (χ2n) is 8.24. The van der Waals surface area contributed by atoms with Crippen molar-refractivity contribution in [1.29, 1.82) is 0 Å². The zero-order valence-electron chi connectivity index (χ0n) is 16.7. The van der Waals surface area contributed by atoms with Crippen LogP contribution in [-0.4, -0.2) is 42.6 Å². The summed E-state index contributed by atoms with van der Waals surface area (Å²) in [4.78, 5) is 9.06. The Balaban J connectivity index is 1.54. The Labute approximate surface area is 179 Å². The average molecular weight is 414 g/mol. The van der Waals surface area contributed by atoms with E-state index in [4.69, 9.17) is 4.74 Å². The fourth-order valence-electron chi connectivity index (χ4n) is 4.47. The maximum absolute atomic E-state index is 10.8. The first-order valence-corrected chi connectivity index (χ1v) is 10.4. The molecule has 2 aromatic heterocycles. The second kappa shape index (κ2) is 6.88. The van der Waals surface area contributed by atoms with Gasteiger partial charge in [0.05, 0.1) is 11.0 Å². The molecule has 0 radical (unpaired) electrons. The first-order valence-electron chi connectivity index (χ1n) is 10.4. The number of anilines is 2. The summed E-state index contributed by atoms with van der Waals surface area (Å²) < 4.78 is 8.00. The van der Waals surface area contributed by atoms with E-state index in [1.54, 1.807) is 0 Å². The summed E-state index contributed by atoms with van der Waals surface area (Å²) in [6.07, 6.45) is 2.30. The number of nitrogens with one attached hydrogen (secondary N) is 1. The monoisotopic (exact) mass is 414 g/mol. The van der Waals surface area contributed by atoms with Gasteiger partial charge in [-0.2, -0.15) is 0 Å². The van der Waals surface area contributed by atoms with Crippen LogP contribution in [0.2, 0.25) is 0 Å². The highest BCUT2D eigenvalue weighted by Gasteiger charge is 2.62. The highest BCUT2D eigenvalue weighted by Crippen LogP contribution is 2.53. The molecule has 156 valence electrons. The highest BCUT2D eigenvalue weighted by molar-refractivity contribution is 6.02. The molecule has 1 aliphatic carbocycles. The molecule has 1 spiro atoms. The van der Waals surface area contributed by atoms with Gasteiger partial charge in [0.1, 0.15) is 30.0 Å². The number of aliphatic hydroxyl groups excluding tert-OH is 2. The number of aliphatic hydroxyl groups is 2. The van der Waals surface area contributed by atoms with Gasteiger partial charge in [0.25, 0.3) is 0 Å². The molecule has 1 saturated heterocycles. The molecule has 2 aromatic carbocycles. The fraction of sp³-hybridized carbons (Fsp3) is 0.250. The minimum atomic E-state index is -1.03. The van der Waals surface area contributed by atoms with E-state index in [0.29, 0.717) is 11.5 Å². The van der Waals surface area contributed by atoms with Crippen LogP contribution in [0.3, 0.4) is 0 Å². The Kier molecular flexibility index (Phi) is 4.11. The molecule has 1 saturated carbocycles. The van der Waals surface area contributed by atoms with Gasteiger partial charge in [-0.1, -0.05) is 48.5 Å². The van der Waals surface area contributed by atoms with Gasteiger partial charge in [-0.25, -0.2) is 9.97 Å².